The number of carboxylic acid groups (broad SMARTS) is 1. The summed E-state index contributed by atoms with van der Waals surface area (Å²) in [5, 5.41) is 7.12. The second-order valence-electron chi connectivity index (χ2n) is 6.39. The van der Waals surface area contributed by atoms with E-state index in [1.54, 1.807) is 9.80 Å². The molecule has 0 saturated carbocycles. The van der Waals surface area contributed by atoms with Gasteiger partial charge in [-0.3, -0.25) is 14.6 Å². The van der Waals surface area contributed by atoms with E-state index >= 15 is 0 Å². The van der Waals surface area contributed by atoms with Crippen LogP contribution in [0.5, 0.6) is 0 Å². The number of fused-ring (bicyclic) bond motifs is 1. The van der Waals surface area contributed by atoms with Crippen LogP contribution in [0.1, 0.15) is 23.7 Å². The van der Waals surface area contributed by atoms with Crippen LogP contribution in [-0.2, 0) is 14.3 Å². The summed E-state index contributed by atoms with van der Waals surface area (Å²) in [5.74, 6) is -3.78. The van der Waals surface area contributed by atoms with Gasteiger partial charge in [0.05, 0.1) is 30.5 Å². The molecule has 160 valence electrons. The molecule has 2 atom stereocenters. The molecule has 0 radical (unpaired) electrons. The Morgan fingerprint density at radius 2 is 1.93 bits per heavy atom. The van der Waals surface area contributed by atoms with Gasteiger partial charge in [-0.15, -0.1) is 0 Å². The number of halogens is 4. The largest absolute Gasteiger partial charge is 0.490 e. The fourth-order valence-electron chi connectivity index (χ4n) is 3.17. The van der Waals surface area contributed by atoms with Crippen molar-refractivity contribution < 1.29 is 41.8 Å². The number of ether oxygens (including phenoxy) is 1. The minimum Gasteiger partial charge on any atom is -0.475 e. The Labute approximate surface area is 163 Å². The van der Waals surface area contributed by atoms with Crippen molar-refractivity contribution in [2.24, 2.45) is 0 Å². The summed E-state index contributed by atoms with van der Waals surface area (Å²) >= 11 is 0. The van der Waals surface area contributed by atoms with E-state index < -0.39 is 18.0 Å². The summed E-state index contributed by atoms with van der Waals surface area (Å²) in [7, 11) is 0. The Morgan fingerprint density at radius 1 is 1.28 bits per heavy atom. The second-order valence-corrected chi connectivity index (χ2v) is 6.39. The fourth-order valence-corrected chi connectivity index (χ4v) is 3.17. The molecule has 12 heteroatoms. The van der Waals surface area contributed by atoms with E-state index in [1.165, 1.54) is 19.2 Å². The van der Waals surface area contributed by atoms with Crippen LogP contribution in [0.4, 0.5) is 17.6 Å². The van der Waals surface area contributed by atoms with Gasteiger partial charge in [0, 0.05) is 32.8 Å². The molecule has 0 aliphatic carbocycles. The molecule has 2 aliphatic heterocycles. The standard InChI is InChI=1S/C15H18FN3O3.C2HF3O2/c1-10(20)19-6-7-22-14-3-5-18(9-13(14)19)15(21)11-2-4-17-8-12(11)16;3-2(4,5)1(6)7/h2,4,8,13-14H,3,5-7,9H2,1H3;(H,6,7)/t13-,14-;/m0./s1. The van der Waals surface area contributed by atoms with Gasteiger partial charge in [-0.05, 0) is 12.5 Å². The Balaban J connectivity index is 0.000000370. The van der Waals surface area contributed by atoms with Crippen LogP contribution in [0, 0.1) is 5.82 Å². The van der Waals surface area contributed by atoms with Crippen molar-refractivity contribution in [1.82, 2.24) is 14.8 Å². The minimum atomic E-state index is -5.08. The average Bonchev–Trinajstić information content (AvgIpc) is 2.66. The number of hydrogen-bond donors (Lipinski definition) is 1. The normalized spacial score (nSPS) is 21.6. The number of carbonyl (C=O) groups is 3. The number of carbonyl (C=O) groups excluding carboxylic acids is 2. The molecule has 1 N–H and O–H groups in total. The number of alkyl halides is 3. The van der Waals surface area contributed by atoms with Crippen LogP contribution in [0.2, 0.25) is 0 Å². The van der Waals surface area contributed by atoms with Gasteiger partial charge >= 0.3 is 12.1 Å². The zero-order chi connectivity index (χ0) is 21.8. The van der Waals surface area contributed by atoms with Crippen LogP contribution in [0.15, 0.2) is 18.5 Å². The fraction of sp³-hybridized carbons (Fsp3) is 0.529. The van der Waals surface area contributed by atoms with Gasteiger partial charge in [0.2, 0.25) is 5.91 Å². The van der Waals surface area contributed by atoms with Crippen LogP contribution in [0.25, 0.3) is 0 Å². The summed E-state index contributed by atoms with van der Waals surface area (Å²) in [4.78, 5) is 40.1. The maximum absolute atomic E-state index is 13.7. The molecule has 2 amide bonds. The number of hydrogen-bond acceptors (Lipinski definition) is 5. The van der Waals surface area contributed by atoms with Gasteiger partial charge in [0.25, 0.3) is 5.91 Å². The van der Waals surface area contributed by atoms with E-state index in [0.717, 1.165) is 6.20 Å². The van der Waals surface area contributed by atoms with Crippen molar-refractivity contribution >= 4 is 17.8 Å². The molecule has 1 aromatic rings. The third-order valence-corrected chi connectivity index (χ3v) is 4.52. The van der Waals surface area contributed by atoms with E-state index in [-0.39, 0.29) is 29.5 Å². The summed E-state index contributed by atoms with van der Waals surface area (Å²) in [6, 6.07) is 1.22. The third-order valence-electron chi connectivity index (χ3n) is 4.52. The summed E-state index contributed by atoms with van der Waals surface area (Å²) in [5.41, 5.74) is 0.0135. The predicted molar refractivity (Wildman–Crippen MR) is 89.3 cm³/mol. The number of nitrogens with zero attached hydrogens (tertiary/aromatic N) is 3. The lowest BCUT2D eigenvalue weighted by atomic mass is 9.98. The number of pyridine rings is 1. The predicted octanol–water partition coefficient (Wildman–Crippen LogP) is 1.32. The number of piperidine rings is 1. The van der Waals surface area contributed by atoms with Crippen molar-refractivity contribution in [3.8, 4) is 0 Å². The van der Waals surface area contributed by atoms with Gasteiger partial charge in [-0.25, -0.2) is 9.18 Å². The van der Waals surface area contributed by atoms with Crippen LogP contribution >= 0.6 is 0 Å². The molecule has 0 unspecified atom stereocenters. The zero-order valence-corrected chi connectivity index (χ0v) is 15.4. The molecule has 8 nitrogen and oxygen atoms in total. The quantitative estimate of drug-likeness (QED) is 0.687. The molecule has 0 spiro atoms. The maximum Gasteiger partial charge on any atom is 0.490 e. The van der Waals surface area contributed by atoms with Crippen molar-refractivity contribution in [3.63, 3.8) is 0 Å². The second kappa shape index (κ2) is 9.16. The highest BCUT2D eigenvalue weighted by atomic mass is 19.4. The van der Waals surface area contributed by atoms with Crippen LogP contribution in [0.3, 0.4) is 0 Å². The maximum atomic E-state index is 13.7. The van der Waals surface area contributed by atoms with E-state index in [1.807, 2.05) is 0 Å². The van der Waals surface area contributed by atoms with Crippen LogP contribution < -0.4 is 0 Å². The molecular formula is C17H19F4N3O5. The Bertz CT molecular complexity index is 774. The number of rotatable bonds is 1. The number of amides is 2. The smallest absolute Gasteiger partial charge is 0.475 e. The highest BCUT2D eigenvalue weighted by Gasteiger charge is 2.40. The summed E-state index contributed by atoms with van der Waals surface area (Å²) in [6.45, 7) is 3.43. The minimum absolute atomic E-state index is 0.0135. The summed E-state index contributed by atoms with van der Waals surface area (Å²) in [6.07, 6.45) is -2.06. The Kier molecular flexibility index (Phi) is 7.11. The van der Waals surface area contributed by atoms with Crippen molar-refractivity contribution in [2.45, 2.75) is 31.7 Å². The molecule has 2 saturated heterocycles. The topological polar surface area (TPSA) is 100 Å². The molecule has 2 aliphatic rings. The molecule has 29 heavy (non-hydrogen) atoms. The lowest BCUT2D eigenvalue weighted by Crippen LogP contribution is -2.61. The first kappa shape index (κ1) is 22.5. The number of aromatic nitrogens is 1. The van der Waals surface area contributed by atoms with E-state index in [4.69, 9.17) is 14.6 Å². The van der Waals surface area contributed by atoms with E-state index in [2.05, 4.69) is 4.98 Å². The van der Waals surface area contributed by atoms with Crippen LogP contribution in [-0.4, -0.2) is 82.2 Å². The first-order chi connectivity index (χ1) is 13.5. The van der Waals surface area contributed by atoms with Crippen molar-refractivity contribution in [2.75, 3.05) is 26.2 Å². The van der Waals surface area contributed by atoms with Crippen molar-refractivity contribution in [1.29, 1.82) is 0 Å². The first-order valence-corrected chi connectivity index (χ1v) is 8.60. The molecule has 1 aromatic heterocycles. The first-order valence-electron chi connectivity index (χ1n) is 8.60. The number of aliphatic carboxylic acids is 1. The highest BCUT2D eigenvalue weighted by Crippen LogP contribution is 2.24. The molecule has 0 aromatic carbocycles. The number of likely N-dealkylation sites (tertiary alicyclic amines) is 1. The Hall–Kier alpha value is -2.76. The Morgan fingerprint density at radius 3 is 2.48 bits per heavy atom. The number of morpholine rings is 1. The molecular weight excluding hydrogens is 402 g/mol. The van der Waals surface area contributed by atoms with Gasteiger partial charge in [0.15, 0.2) is 5.82 Å². The van der Waals surface area contributed by atoms with E-state index in [9.17, 15) is 27.2 Å². The van der Waals surface area contributed by atoms with Gasteiger partial charge < -0.3 is 19.6 Å². The average molecular weight is 421 g/mol. The van der Waals surface area contributed by atoms with Gasteiger partial charge in [-0.2, -0.15) is 13.2 Å². The molecule has 0 bridgehead atoms. The van der Waals surface area contributed by atoms with Gasteiger partial charge in [0.1, 0.15) is 0 Å². The number of carboxylic acids is 1. The molecule has 2 fully saturated rings. The highest BCUT2D eigenvalue weighted by molar-refractivity contribution is 5.94. The SMILES string of the molecule is CC(=O)N1CCO[C@H]2CCN(C(=O)c3ccncc3F)C[C@@H]21.O=C(O)C(F)(F)F. The third kappa shape index (κ3) is 5.62. The molecule has 3 heterocycles. The lowest BCUT2D eigenvalue weighted by Gasteiger charge is -2.46. The summed E-state index contributed by atoms with van der Waals surface area (Å²) < 4.78 is 51.2. The monoisotopic (exact) mass is 421 g/mol. The molecule has 3 rings (SSSR count). The van der Waals surface area contributed by atoms with E-state index in [0.29, 0.717) is 32.7 Å². The van der Waals surface area contributed by atoms with Gasteiger partial charge in [-0.1, -0.05) is 0 Å². The lowest BCUT2D eigenvalue weighted by molar-refractivity contribution is -0.192. The van der Waals surface area contributed by atoms with Crippen molar-refractivity contribution in [3.05, 3.63) is 29.8 Å². The zero-order valence-electron chi connectivity index (χ0n) is 15.4.